The van der Waals surface area contributed by atoms with Gasteiger partial charge < -0.3 is 14.7 Å². The zero-order valence-corrected chi connectivity index (χ0v) is 9.77. The van der Waals surface area contributed by atoms with E-state index in [4.69, 9.17) is 0 Å². The zero-order chi connectivity index (χ0) is 12.3. The molecule has 1 rings (SSSR count). The van der Waals surface area contributed by atoms with Gasteiger partial charge in [-0.2, -0.15) is 0 Å². The van der Waals surface area contributed by atoms with Gasteiger partial charge in [-0.1, -0.05) is 18.0 Å². The second kappa shape index (κ2) is 5.17. The van der Waals surface area contributed by atoms with Crippen molar-refractivity contribution < 1.29 is 13.7 Å². The lowest BCUT2D eigenvalue weighted by Gasteiger charge is -2.13. The van der Waals surface area contributed by atoms with Crippen molar-refractivity contribution in [2.75, 3.05) is 0 Å². The number of imidazole rings is 1. The summed E-state index contributed by atoms with van der Waals surface area (Å²) in [7, 11) is 0. The van der Waals surface area contributed by atoms with Gasteiger partial charge in [0.15, 0.2) is 5.82 Å². The lowest BCUT2D eigenvalue weighted by Crippen LogP contribution is -2.15. The second-order valence-electron chi connectivity index (χ2n) is 3.43. The molecule has 1 heterocycles. The number of hydrogen-bond acceptors (Lipinski definition) is 5. The van der Waals surface area contributed by atoms with E-state index in [0.717, 1.165) is 0 Å². The normalized spacial score (nSPS) is 14.7. The van der Waals surface area contributed by atoms with Crippen LogP contribution < -0.4 is 0 Å². The van der Waals surface area contributed by atoms with Crippen molar-refractivity contribution in [3.8, 4) is 0 Å². The molecule has 1 aromatic rings. The highest BCUT2D eigenvalue weighted by Crippen LogP contribution is 2.15. The van der Waals surface area contributed by atoms with E-state index in [0.29, 0.717) is 12.2 Å². The van der Waals surface area contributed by atoms with Crippen molar-refractivity contribution in [2.24, 2.45) is 0 Å². The van der Waals surface area contributed by atoms with Gasteiger partial charge in [-0.3, -0.25) is 4.21 Å². The molecule has 0 spiro atoms. The van der Waals surface area contributed by atoms with E-state index in [-0.39, 0.29) is 12.4 Å². The van der Waals surface area contributed by atoms with Gasteiger partial charge in [0.25, 0.3) is 0 Å². The van der Waals surface area contributed by atoms with Crippen LogP contribution in [0.3, 0.4) is 0 Å². The smallest absolute Gasteiger partial charge is 0.342 e. The topological polar surface area (TPSA) is 101 Å². The maximum Gasteiger partial charge on any atom is 0.342 e. The fraction of sp³-hybridized carbons (Fsp3) is 0.625. The zero-order valence-electron chi connectivity index (χ0n) is 8.95. The van der Waals surface area contributed by atoms with E-state index in [1.165, 1.54) is 10.8 Å². The highest BCUT2D eigenvalue weighted by Gasteiger charge is 2.17. The lowest BCUT2D eigenvalue weighted by molar-refractivity contribution is -0.392. The third kappa shape index (κ3) is 2.86. The van der Waals surface area contributed by atoms with Gasteiger partial charge in [0.2, 0.25) is 0 Å². The molecule has 0 saturated heterocycles. The van der Waals surface area contributed by atoms with E-state index < -0.39 is 21.3 Å². The van der Waals surface area contributed by atoms with Crippen molar-refractivity contribution in [3.63, 3.8) is 0 Å². The van der Waals surface area contributed by atoms with Crippen molar-refractivity contribution in [1.29, 1.82) is 0 Å². The Labute approximate surface area is 94.9 Å². The number of nitro groups is 1. The molecular formula is C8H12N3O4S-. The van der Waals surface area contributed by atoms with Gasteiger partial charge in [-0.25, -0.2) is 9.55 Å². The molecule has 1 aromatic heterocycles. The van der Waals surface area contributed by atoms with Gasteiger partial charge in [-0.15, -0.1) is 0 Å². The van der Waals surface area contributed by atoms with Crippen LogP contribution in [-0.2, 0) is 17.6 Å². The Bertz CT molecular complexity index is 417. The SMILES string of the molecule is Cc1ncc([N+](=O)[O-])n1CCC(C)S(=O)[O-]. The Morgan fingerprint density at radius 1 is 1.69 bits per heavy atom. The summed E-state index contributed by atoms with van der Waals surface area (Å²) in [6.45, 7) is 3.48. The van der Waals surface area contributed by atoms with Crippen molar-refractivity contribution >= 4 is 16.9 Å². The molecular weight excluding hydrogens is 234 g/mol. The van der Waals surface area contributed by atoms with Gasteiger partial charge in [0, 0.05) is 12.2 Å². The summed E-state index contributed by atoms with van der Waals surface area (Å²) in [5, 5.41) is 10.1. The number of aromatic nitrogens is 2. The van der Waals surface area contributed by atoms with E-state index in [9.17, 15) is 18.9 Å². The Balaban J connectivity index is 2.77. The predicted molar refractivity (Wildman–Crippen MR) is 56.6 cm³/mol. The number of aryl methyl sites for hydroxylation is 1. The molecule has 90 valence electrons. The Hall–Kier alpha value is -1.28. The fourth-order valence-electron chi connectivity index (χ4n) is 1.29. The van der Waals surface area contributed by atoms with Crippen LogP contribution in [0.2, 0.25) is 0 Å². The van der Waals surface area contributed by atoms with Crippen LogP contribution in [0.25, 0.3) is 0 Å². The molecule has 16 heavy (non-hydrogen) atoms. The summed E-state index contributed by atoms with van der Waals surface area (Å²) in [5.41, 5.74) is 0. The second-order valence-corrected chi connectivity index (χ2v) is 4.76. The molecule has 0 aromatic carbocycles. The fourth-order valence-corrected chi connectivity index (χ4v) is 1.58. The molecule has 2 unspecified atom stereocenters. The molecule has 2 atom stereocenters. The lowest BCUT2D eigenvalue weighted by atomic mass is 10.3. The number of rotatable bonds is 5. The van der Waals surface area contributed by atoms with E-state index in [1.54, 1.807) is 13.8 Å². The highest BCUT2D eigenvalue weighted by molar-refractivity contribution is 7.79. The Kier molecular flexibility index (Phi) is 4.13. The molecule has 0 bridgehead atoms. The molecule has 0 aliphatic heterocycles. The summed E-state index contributed by atoms with van der Waals surface area (Å²) in [5.74, 6) is 0.400. The molecule has 0 N–H and O–H groups in total. The molecule has 0 radical (unpaired) electrons. The van der Waals surface area contributed by atoms with Crippen molar-refractivity contribution in [1.82, 2.24) is 9.55 Å². The average Bonchev–Trinajstić information content (AvgIpc) is 2.56. The van der Waals surface area contributed by atoms with Crippen molar-refractivity contribution in [3.05, 3.63) is 22.1 Å². The van der Waals surface area contributed by atoms with Gasteiger partial charge in [-0.05, 0) is 11.3 Å². The van der Waals surface area contributed by atoms with E-state index in [1.807, 2.05) is 0 Å². The quantitative estimate of drug-likeness (QED) is 0.433. The first-order valence-electron chi connectivity index (χ1n) is 4.68. The minimum absolute atomic E-state index is 0.110. The summed E-state index contributed by atoms with van der Waals surface area (Å²) >= 11 is -2.15. The molecule has 0 saturated carbocycles. The van der Waals surface area contributed by atoms with Gasteiger partial charge in [0.1, 0.15) is 6.20 Å². The average molecular weight is 246 g/mol. The molecule has 7 nitrogen and oxygen atoms in total. The van der Waals surface area contributed by atoms with E-state index >= 15 is 0 Å². The Morgan fingerprint density at radius 2 is 2.31 bits per heavy atom. The summed E-state index contributed by atoms with van der Waals surface area (Å²) in [4.78, 5) is 13.9. The van der Waals surface area contributed by atoms with Crippen LogP contribution in [0.15, 0.2) is 6.20 Å². The minimum atomic E-state index is -2.15. The van der Waals surface area contributed by atoms with Gasteiger partial charge in [0.05, 0.1) is 6.54 Å². The number of nitrogens with zero attached hydrogens (tertiary/aromatic N) is 3. The first-order valence-corrected chi connectivity index (χ1v) is 5.82. The third-order valence-electron chi connectivity index (χ3n) is 2.31. The van der Waals surface area contributed by atoms with E-state index in [2.05, 4.69) is 4.98 Å². The predicted octanol–water partition coefficient (Wildman–Crippen LogP) is 0.757. The largest absolute Gasteiger partial charge is 0.772 e. The maximum absolute atomic E-state index is 10.6. The summed E-state index contributed by atoms with van der Waals surface area (Å²) < 4.78 is 22.6. The molecule has 0 aliphatic rings. The van der Waals surface area contributed by atoms with Crippen LogP contribution in [0, 0.1) is 17.0 Å². The van der Waals surface area contributed by atoms with Crippen LogP contribution in [0.5, 0.6) is 0 Å². The van der Waals surface area contributed by atoms with Gasteiger partial charge >= 0.3 is 5.82 Å². The first kappa shape index (κ1) is 12.8. The molecule has 0 fully saturated rings. The monoisotopic (exact) mass is 246 g/mol. The summed E-state index contributed by atoms with van der Waals surface area (Å²) in [6.07, 6.45) is 1.50. The Morgan fingerprint density at radius 3 is 2.81 bits per heavy atom. The van der Waals surface area contributed by atoms with Crippen LogP contribution in [0.1, 0.15) is 19.2 Å². The minimum Gasteiger partial charge on any atom is -0.772 e. The number of hydrogen-bond donors (Lipinski definition) is 0. The van der Waals surface area contributed by atoms with Crippen LogP contribution >= 0.6 is 0 Å². The summed E-state index contributed by atoms with van der Waals surface area (Å²) in [6, 6.07) is 0. The first-order chi connectivity index (χ1) is 7.43. The van der Waals surface area contributed by atoms with Crippen LogP contribution in [0.4, 0.5) is 5.82 Å². The maximum atomic E-state index is 10.6. The highest BCUT2D eigenvalue weighted by atomic mass is 32.2. The molecule has 0 amide bonds. The standard InChI is InChI=1S/C8H13N3O4S/c1-6(16(14)15)3-4-10-7(2)9-5-8(10)11(12)13/h5-6H,3-4H2,1-2H3,(H,14,15)/p-1. The molecule has 0 aliphatic carbocycles. The van der Waals surface area contributed by atoms with Crippen molar-refractivity contribution in [2.45, 2.75) is 32.1 Å². The molecule has 8 heteroatoms. The third-order valence-corrected chi connectivity index (χ3v) is 3.20. The van der Waals surface area contributed by atoms with Crippen LogP contribution in [-0.4, -0.2) is 28.5 Å².